The molecule has 0 aliphatic carbocycles. The van der Waals surface area contributed by atoms with Gasteiger partial charge in [-0.25, -0.2) is 0 Å². The molecule has 0 spiro atoms. The van der Waals surface area contributed by atoms with Crippen LogP contribution in [0.15, 0.2) is 0 Å². The van der Waals surface area contributed by atoms with Crippen LogP contribution >= 0.6 is 11.8 Å². The number of thioether (sulfide) groups is 1. The van der Waals surface area contributed by atoms with Gasteiger partial charge in [0.15, 0.2) is 0 Å². The fourth-order valence-electron chi connectivity index (χ4n) is 2.54. The second kappa shape index (κ2) is 8.14. The number of nitriles is 1. The van der Waals surface area contributed by atoms with Gasteiger partial charge in [0.05, 0.1) is 12.2 Å². The largest absolute Gasteiger partial charge is 0.377 e. The monoisotopic (exact) mass is 284 g/mol. The van der Waals surface area contributed by atoms with Gasteiger partial charge in [0.25, 0.3) is 0 Å². The Morgan fingerprint density at radius 1 is 1.47 bits per heavy atom. The Morgan fingerprint density at radius 3 is 2.74 bits per heavy atom. The molecule has 3 nitrogen and oxygen atoms in total. The molecule has 4 heteroatoms. The number of nitrogens with zero attached hydrogens (tertiary/aromatic N) is 1. The van der Waals surface area contributed by atoms with E-state index in [0.717, 1.165) is 19.4 Å². The van der Waals surface area contributed by atoms with Crippen molar-refractivity contribution >= 4 is 11.8 Å². The summed E-state index contributed by atoms with van der Waals surface area (Å²) in [5.41, 5.74) is -0.372. The van der Waals surface area contributed by atoms with Crippen LogP contribution in [0.3, 0.4) is 0 Å². The molecule has 19 heavy (non-hydrogen) atoms. The van der Waals surface area contributed by atoms with Gasteiger partial charge >= 0.3 is 0 Å². The molecule has 3 unspecified atom stereocenters. The first-order valence-electron chi connectivity index (χ1n) is 7.39. The molecular weight excluding hydrogens is 256 g/mol. The number of hydrogen-bond acceptors (Lipinski definition) is 4. The van der Waals surface area contributed by atoms with Crippen molar-refractivity contribution in [2.45, 2.75) is 76.3 Å². The van der Waals surface area contributed by atoms with E-state index in [1.54, 1.807) is 0 Å². The fourth-order valence-corrected chi connectivity index (χ4v) is 3.83. The highest BCUT2D eigenvalue weighted by Crippen LogP contribution is 2.27. The predicted molar refractivity (Wildman–Crippen MR) is 82.4 cm³/mol. The van der Waals surface area contributed by atoms with Crippen LogP contribution in [0.1, 0.15) is 53.4 Å². The van der Waals surface area contributed by atoms with Crippen LogP contribution < -0.4 is 5.32 Å². The summed E-state index contributed by atoms with van der Waals surface area (Å²) in [6, 6.07) is 2.77. The molecule has 0 radical (unpaired) electrons. The Morgan fingerprint density at radius 2 is 2.21 bits per heavy atom. The lowest BCUT2D eigenvalue weighted by atomic mass is 9.96. The molecule has 0 saturated carbocycles. The molecule has 0 bridgehead atoms. The lowest BCUT2D eigenvalue weighted by molar-refractivity contribution is 0.127. The van der Waals surface area contributed by atoms with Crippen molar-refractivity contribution in [3.63, 3.8) is 0 Å². The average Bonchev–Trinajstić information content (AvgIpc) is 2.74. The molecule has 0 aromatic rings. The molecule has 1 fully saturated rings. The zero-order valence-electron chi connectivity index (χ0n) is 12.7. The maximum Gasteiger partial charge on any atom is 0.104 e. The quantitative estimate of drug-likeness (QED) is 0.694. The smallest absolute Gasteiger partial charge is 0.104 e. The van der Waals surface area contributed by atoms with Crippen molar-refractivity contribution in [3.8, 4) is 6.07 Å². The van der Waals surface area contributed by atoms with E-state index in [4.69, 9.17) is 4.74 Å². The van der Waals surface area contributed by atoms with Crippen LogP contribution in [0.4, 0.5) is 0 Å². The standard InChI is InChI=1S/C15H28N2OS/c1-12(2)17-15(4,11-16)8-5-6-10-19-14-7-9-18-13(14)3/h12-14,17H,5-10H2,1-4H3. The second-order valence-electron chi connectivity index (χ2n) is 5.97. The van der Waals surface area contributed by atoms with E-state index in [0.29, 0.717) is 17.4 Å². The van der Waals surface area contributed by atoms with Crippen molar-refractivity contribution in [3.05, 3.63) is 0 Å². The normalized spacial score (nSPS) is 26.3. The molecule has 1 saturated heterocycles. The molecule has 3 atom stereocenters. The number of ether oxygens (including phenoxy) is 1. The predicted octanol–water partition coefficient (Wildman–Crippen LogP) is 3.35. The van der Waals surface area contributed by atoms with Crippen molar-refractivity contribution in [1.82, 2.24) is 5.32 Å². The van der Waals surface area contributed by atoms with Crippen LogP contribution in [0, 0.1) is 11.3 Å². The van der Waals surface area contributed by atoms with E-state index in [2.05, 4.69) is 32.2 Å². The summed E-state index contributed by atoms with van der Waals surface area (Å²) < 4.78 is 5.56. The van der Waals surface area contributed by atoms with Gasteiger partial charge in [-0.2, -0.15) is 17.0 Å². The minimum atomic E-state index is -0.372. The Bertz CT molecular complexity index is 303. The summed E-state index contributed by atoms with van der Waals surface area (Å²) in [5.74, 6) is 1.18. The van der Waals surface area contributed by atoms with Gasteiger partial charge in [-0.15, -0.1) is 0 Å². The molecule has 1 heterocycles. The van der Waals surface area contributed by atoms with Crippen molar-refractivity contribution in [2.75, 3.05) is 12.4 Å². The molecular formula is C15H28N2OS. The summed E-state index contributed by atoms with van der Waals surface area (Å²) in [5, 5.41) is 13.3. The van der Waals surface area contributed by atoms with Crippen LogP contribution in [-0.4, -0.2) is 35.3 Å². The Kier molecular flexibility index (Phi) is 7.20. The van der Waals surface area contributed by atoms with Crippen LogP contribution in [0.25, 0.3) is 0 Å². The topological polar surface area (TPSA) is 45.0 Å². The minimum Gasteiger partial charge on any atom is -0.377 e. The third kappa shape index (κ3) is 6.16. The minimum absolute atomic E-state index is 0.357. The highest BCUT2D eigenvalue weighted by atomic mass is 32.2. The lowest BCUT2D eigenvalue weighted by Crippen LogP contribution is -2.44. The van der Waals surface area contributed by atoms with Gasteiger partial charge in [-0.05, 0) is 59.1 Å². The molecule has 1 aliphatic heterocycles. The van der Waals surface area contributed by atoms with Gasteiger partial charge in [0.1, 0.15) is 5.54 Å². The summed E-state index contributed by atoms with van der Waals surface area (Å²) in [7, 11) is 0. The van der Waals surface area contributed by atoms with Gasteiger partial charge in [-0.3, -0.25) is 5.32 Å². The number of unbranched alkanes of at least 4 members (excludes halogenated alkanes) is 1. The maximum atomic E-state index is 9.26. The molecule has 0 amide bonds. The zero-order chi connectivity index (χ0) is 14.3. The van der Waals surface area contributed by atoms with Crippen molar-refractivity contribution in [2.24, 2.45) is 0 Å². The molecule has 1 rings (SSSR count). The number of hydrogen-bond donors (Lipinski definition) is 1. The first-order valence-corrected chi connectivity index (χ1v) is 8.44. The van der Waals surface area contributed by atoms with E-state index < -0.39 is 0 Å². The maximum absolute atomic E-state index is 9.26. The fraction of sp³-hybridized carbons (Fsp3) is 0.933. The Labute approximate surface area is 122 Å². The second-order valence-corrected chi connectivity index (χ2v) is 7.32. The SMILES string of the molecule is CC(C)NC(C)(C#N)CCCCSC1CCOC1C. The average molecular weight is 284 g/mol. The first-order chi connectivity index (χ1) is 8.97. The van der Waals surface area contributed by atoms with Gasteiger partial charge in [0, 0.05) is 17.9 Å². The van der Waals surface area contributed by atoms with E-state index in [1.165, 1.54) is 18.6 Å². The van der Waals surface area contributed by atoms with Crippen molar-refractivity contribution < 1.29 is 4.74 Å². The van der Waals surface area contributed by atoms with E-state index in [-0.39, 0.29) is 5.54 Å². The Hall–Kier alpha value is -0.240. The van der Waals surface area contributed by atoms with E-state index in [9.17, 15) is 5.26 Å². The number of nitrogens with one attached hydrogen (secondary N) is 1. The zero-order valence-corrected chi connectivity index (χ0v) is 13.6. The van der Waals surface area contributed by atoms with E-state index >= 15 is 0 Å². The summed E-state index contributed by atoms with van der Waals surface area (Å²) in [6.45, 7) is 9.28. The van der Waals surface area contributed by atoms with Crippen LogP contribution in [0.5, 0.6) is 0 Å². The summed E-state index contributed by atoms with van der Waals surface area (Å²) in [4.78, 5) is 0. The molecule has 1 N–H and O–H groups in total. The van der Waals surface area contributed by atoms with E-state index in [1.807, 2.05) is 18.7 Å². The number of rotatable bonds is 8. The molecule has 1 aliphatic rings. The van der Waals surface area contributed by atoms with Gasteiger partial charge in [0.2, 0.25) is 0 Å². The highest BCUT2D eigenvalue weighted by molar-refractivity contribution is 7.99. The van der Waals surface area contributed by atoms with Crippen molar-refractivity contribution in [1.29, 1.82) is 5.26 Å². The van der Waals surface area contributed by atoms with Gasteiger partial charge in [-0.1, -0.05) is 0 Å². The highest BCUT2D eigenvalue weighted by Gasteiger charge is 2.25. The lowest BCUT2D eigenvalue weighted by Gasteiger charge is -2.25. The first kappa shape index (κ1) is 16.8. The molecule has 0 aromatic carbocycles. The van der Waals surface area contributed by atoms with Crippen LogP contribution in [0.2, 0.25) is 0 Å². The summed E-state index contributed by atoms with van der Waals surface area (Å²) >= 11 is 2.04. The third-order valence-corrected chi connectivity index (χ3v) is 5.14. The molecule has 110 valence electrons. The third-order valence-electron chi connectivity index (χ3n) is 3.56. The molecule has 0 aromatic heterocycles. The summed E-state index contributed by atoms with van der Waals surface area (Å²) in [6.07, 6.45) is 4.83. The Balaban J connectivity index is 2.14. The van der Waals surface area contributed by atoms with Crippen LogP contribution in [-0.2, 0) is 4.74 Å². The van der Waals surface area contributed by atoms with Gasteiger partial charge < -0.3 is 4.74 Å².